The van der Waals surface area contributed by atoms with Gasteiger partial charge in [-0.05, 0) is 11.8 Å². The lowest BCUT2D eigenvalue weighted by molar-refractivity contribution is -0.169. The van der Waals surface area contributed by atoms with Gasteiger partial charge in [-0.3, -0.25) is 9.59 Å². The summed E-state index contributed by atoms with van der Waals surface area (Å²) in [4.78, 5) is 45.8. The molecule has 0 aliphatic rings. The molecule has 0 spiro atoms. The van der Waals surface area contributed by atoms with Gasteiger partial charge in [0.05, 0.1) is 11.8 Å². The Morgan fingerprint density at radius 2 is 1.23 bits per heavy atom. The minimum Gasteiger partial charge on any atom is -0.425 e. The first kappa shape index (κ1) is 24.0. The number of nitrogens with one attached hydrogen (secondary N) is 1. The highest BCUT2D eigenvalue weighted by molar-refractivity contribution is 8.13. The zero-order chi connectivity index (χ0) is 20.3. The Hall–Kier alpha value is -1.97. The van der Waals surface area contributed by atoms with Gasteiger partial charge in [0.2, 0.25) is 12.6 Å². The molecule has 0 saturated heterocycles. The lowest BCUT2D eigenvalue weighted by Gasteiger charge is -2.16. The van der Waals surface area contributed by atoms with Gasteiger partial charge in [-0.2, -0.15) is 0 Å². The molecule has 0 bridgehead atoms. The van der Waals surface area contributed by atoms with Crippen LogP contribution < -0.4 is 5.32 Å². The highest BCUT2D eigenvalue weighted by Crippen LogP contribution is 2.09. The Kier molecular flexibility index (Phi) is 11.5. The van der Waals surface area contributed by atoms with Crippen LogP contribution in [-0.4, -0.2) is 48.2 Å². The quantitative estimate of drug-likeness (QED) is 0.358. The van der Waals surface area contributed by atoms with E-state index in [2.05, 4.69) is 5.32 Å². The van der Waals surface area contributed by atoms with Crippen molar-refractivity contribution < 1.29 is 38.1 Å². The maximum Gasteiger partial charge on any atom is 0.410 e. The molecule has 0 aromatic rings. The van der Waals surface area contributed by atoms with Crippen molar-refractivity contribution in [1.82, 2.24) is 5.32 Å². The predicted molar refractivity (Wildman–Crippen MR) is 94.2 cm³/mol. The number of thioether (sulfide) groups is 1. The molecule has 150 valence electrons. The molecule has 0 aliphatic carbocycles. The van der Waals surface area contributed by atoms with Crippen LogP contribution in [0.2, 0.25) is 0 Å². The summed E-state index contributed by atoms with van der Waals surface area (Å²) in [5.74, 6) is -1.36. The van der Waals surface area contributed by atoms with Crippen molar-refractivity contribution in [3.63, 3.8) is 0 Å². The highest BCUT2D eigenvalue weighted by Gasteiger charge is 2.18. The second kappa shape index (κ2) is 12.4. The Balaban J connectivity index is 3.90. The van der Waals surface area contributed by atoms with Crippen molar-refractivity contribution >= 4 is 35.1 Å². The van der Waals surface area contributed by atoms with Gasteiger partial charge in [0.25, 0.3) is 0 Å². The van der Waals surface area contributed by atoms with E-state index in [0.29, 0.717) is 0 Å². The number of hydrogen-bond donors (Lipinski definition) is 1. The van der Waals surface area contributed by atoms with Gasteiger partial charge < -0.3 is 24.3 Å². The van der Waals surface area contributed by atoms with Crippen molar-refractivity contribution in [2.45, 2.75) is 54.1 Å². The Morgan fingerprint density at radius 1 is 0.769 bits per heavy atom. The zero-order valence-corrected chi connectivity index (χ0v) is 16.7. The highest BCUT2D eigenvalue weighted by atomic mass is 32.2. The normalized spacial score (nSPS) is 12.9. The first-order valence-electron chi connectivity index (χ1n) is 8.21. The van der Waals surface area contributed by atoms with Crippen molar-refractivity contribution in [1.29, 1.82) is 0 Å². The summed E-state index contributed by atoms with van der Waals surface area (Å²) >= 11 is 0.808. The Morgan fingerprint density at radius 3 is 1.69 bits per heavy atom. The third-order valence-corrected chi connectivity index (χ3v) is 3.37. The Bertz CT molecular complexity index is 451. The SMILES string of the molecule is CC(OC(=O)NCCSC(=O)OC(C)OC(=O)C(C)C)OC(=O)C(C)C. The predicted octanol–water partition coefficient (Wildman–Crippen LogP) is 2.67. The van der Waals surface area contributed by atoms with Crippen molar-refractivity contribution in [3.05, 3.63) is 0 Å². The van der Waals surface area contributed by atoms with Crippen LogP contribution in [0.3, 0.4) is 0 Å². The van der Waals surface area contributed by atoms with Crippen molar-refractivity contribution in [2.75, 3.05) is 12.3 Å². The summed E-state index contributed by atoms with van der Waals surface area (Å²) in [5, 5.41) is 1.77. The standard InChI is InChI=1S/C16H27NO8S/c1-9(2)13(18)22-11(5)24-15(20)17-7-8-26-16(21)25-12(6)23-14(19)10(3)4/h9-12H,7-8H2,1-6H3,(H,17,20). The van der Waals surface area contributed by atoms with Gasteiger partial charge in [0.15, 0.2) is 0 Å². The van der Waals surface area contributed by atoms with E-state index in [-0.39, 0.29) is 24.1 Å². The number of esters is 2. The first-order chi connectivity index (χ1) is 12.0. The van der Waals surface area contributed by atoms with E-state index >= 15 is 0 Å². The average molecular weight is 393 g/mol. The van der Waals surface area contributed by atoms with Gasteiger partial charge in [0.1, 0.15) is 0 Å². The summed E-state index contributed by atoms with van der Waals surface area (Å²) in [6.45, 7) is 9.65. The summed E-state index contributed by atoms with van der Waals surface area (Å²) in [5.41, 5.74) is 0. The lowest BCUT2D eigenvalue weighted by Crippen LogP contribution is -2.32. The van der Waals surface area contributed by atoms with Crippen LogP contribution in [-0.2, 0) is 28.5 Å². The molecule has 0 radical (unpaired) electrons. The minimum atomic E-state index is -1.01. The largest absolute Gasteiger partial charge is 0.425 e. The fourth-order valence-electron chi connectivity index (χ4n) is 1.30. The van der Waals surface area contributed by atoms with Gasteiger partial charge in [-0.25, -0.2) is 9.59 Å². The number of carbonyl (C=O) groups excluding carboxylic acids is 4. The molecular formula is C16H27NO8S. The van der Waals surface area contributed by atoms with Crippen LogP contribution in [0.25, 0.3) is 0 Å². The lowest BCUT2D eigenvalue weighted by atomic mass is 10.2. The number of alkyl carbamates (subject to hydrolysis) is 1. The van der Waals surface area contributed by atoms with E-state index in [1.54, 1.807) is 27.7 Å². The topological polar surface area (TPSA) is 117 Å². The zero-order valence-electron chi connectivity index (χ0n) is 15.9. The smallest absolute Gasteiger partial charge is 0.410 e. The molecule has 1 N–H and O–H groups in total. The fraction of sp³-hybridized carbons (Fsp3) is 0.750. The summed E-state index contributed by atoms with van der Waals surface area (Å²) in [6, 6.07) is 0. The van der Waals surface area contributed by atoms with Crippen LogP contribution in [0.4, 0.5) is 9.59 Å². The molecule has 9 nitrogen and oxygen atoms in total. The van der Waals surface area contributed by atoms with Crippen LogP contribution in [0.5, 0.6) is 0 Å². The molecule has 0 saturated carbocycles. The van der Waals surface area contributed by atoms with Crippen LogP contribution in [0, 0.1) is 11.8 Å². The monoisotopic (exact) mass is 393 g/mol. The molecule has 0 aromatic heterocycles. The molecule has 2 unspecified atom stereocenters. The van der Waals surface area contributed by atoms with E-state index in [0.717, 1.165) is 11.8 Å². The third-order valence-electron chi connectivity index (χ3n) is 2.63. The average Bonchev–Trinajstić information content (AvgIpc) is 2.50. The second-order valence-corrected chi connectivity index (χ2v) is 6.90. The van der Waals surface area contributed by atoms with Gasteiger partial charge in [0, 0.05) is 26.1 Å². The summed E-state index contributed by atoms with van der Waals surface area (Å²) < 4.78 is 19.5. The minimum absolute atomic E-state index is 0.129. The van der Waals surface area contributed by atoms with Crippen LogP contribution in [0.15, 0.2) is 0 Å². The van der Waals surface area contributed by atoms with E-state index < -0.39 is 35.9 Å². The maximum absolute atomic E-state index is 11.6. The summed E-state index contributed by atoms with van der Waals surface area (Å²) in [6.07, 6.45) is -2.78. The summed E-state index contributed by atoms with van der Waals surface area (Å²) in [7, 11) is 0. The molecule has 0 rings (SSSR count). The molecule has 0 aromatic carbocycles. The van der Waals surface area contributed by atoms with Crippen molar-refractivity contribution in [2.24, 2.45) is 11.8 Å². The molecule has 10 heteroatoms. The number of carbonyl (C=O) groups is 4. The number of amides is 1. The third kappa shape index (κ3) is 11.6. The molecule has 0 heterocycles. The van der Waals surface area contributed by atoms with E-state index in [1.807, 2.05) is 0 Å². The number of hydrogen-bond acceptors (Lipinski definition) is 9. The van der Waals surface area contributed by atoms with E-state index in [4.69, 9.17) is 18.9 Å². The number of rotatable bonds is 9. The van der Waals surface area contributed by atoms with E-state index in [9.17, 15) is 19.2 Å². The Labute approximate surface area is 157 Å². The van der Waals surface area contributed by atoms with Crippen molar-refractivity contribution in [3.8, 4) is 0 Å². The first-order valence-corrected chi connectivity index (χ1v) is 9.20. The molecular weight excluding hydrogens is 366 g/mol. The van der Waals surface area contributed by atoms with Crippen LogP contribution in [0.1, 0.15) is 41.5 Å². The molecule has 2 atom stereocenters. The molecule has 0 aliphatic heterocycles. The van der Waals surface area contributed by atoms with Crippen LogP contribution >= 0.6 is 11.8 Å². The van der Waals surface area contributed by atoms with E-state index in [1.165, 1.54) is 13.8 Å². The maximum atomic E-state index is 11.6. The molecule has 26 heavy (non-hydrogen) atoms. The number of ether oxygens (including phenoxy) is 4. The fourth-order valence-corrected chi connectivity index (χ4v) is 1.87. The van der Waals surface area contributed by atoms with Gasteiger partial charge in [-0.1, -0.05) is 27.7 Å². The van der Waals surface area contributed by atoms with Gasteiger partial charge in [-0.15, -0.1) is 0 Å². The van der Waals surface area contributed by atoms with Gasteiger partial charge >= 0.3 is 23.3 Å². The molecule has 0 fully saturated rings. The second-order valence-electron chi connectivity index (χ2n) is 5.87. The molecule has 1 amide bonds.